The molecule has 1 aromatic carbocycles. The largest absolute Gasteiger partial charge is 0.490 e. The van der Waals surface area contributed by atoms with Crippen LogP contribution in [0.2, 0.25) is 0 Å². The van der Waals surface area contributed by atoms with Gasteiger partial charge in [0.1, 0.15) is 17.4 Å². The molecule has 23 heavy (non-hydrogen) atoms. The maximum atomic E-state index is 11.9. The Kier molecular flexibility index (Phi) is 3.73. The Morgan fingerprint density at radius 1 is 1.22 bits per heavy atom. The van der Waals surface area contributed by atoms with Gasteiger partial charge in [-0.3, -0.25) is 0 Å². The second-order valence-corrected chi connectivity index (χ2v) is 6.38. The number of benzene rings is 1. The summed E-state index contributed by atoms with van der Waals surface area (Å²) in [5.74, 6) is 1.01. The Balaban J connectivity index is 1.56. The molecule has 5 heteroatoms. The zero-order valence-corrected chi connectivity index (χ0v) is 13.2. The summed E-state index contributed by atoms with van der Waals surface area (Å²) >= 11 is 0. The van der Waals surface area contributed by atoms with Gasteiger partial charge in [0.25, 0.3) is 0 Å². The van der Waals surface area contributed by atoms with Gasteiger partial charge in [-0.2, -0.15) is 0 Å². The van der Waals surface area contributed by atoms with Crippen molar-refractivity contribution >= 4 is 11.0 Å². The van der Waals surface area contributed by atoms with E-state index in [0.29, 0.717) is 24.3 Å². The smallest absolute Gasteiger partial charge is 0.379 e. The minimum Gasteiger partial charge on any atom is -0.490 e. The standard InChI is InChI=1S/C18H21NO4/c1-2-21-17-7-11-3-6-14(10-16(11)23-18(17)20)22-15-8-12-4-5-13(9-15)19-12/h3,6-7,10,12-13,15,19H,2,4-5,8-9H2,1H3. The number of rotatable bonds is 4. The molecule has 1 aromatic heterocycles. The number of piperidine rings is 1. The van der Waals surface area contributed by atoms with Gasteiger partial charge < -0.3 is 19.2 Å². The Labute approximate surface area is 134 Å². The summed E-state index contributed by atoms with van der Waals surface area (Å²) in [6.45, 7) is 2.28. The van der Waals surface area contributed by atoms with Crippen LogP contribution in [0.4, 0.5) is 0 Å². The van der Waals surface area contributed by atoms with Crippen LogP contribution in [0.25, 0.3) is 11.0 Å². The van der Waals surface area contributed by atoms with E-state index in [4.69, 9.17) is 13.9 Å². The van der Waals surface area contributed by atoms with E-state index >= 15 is 0 Å². The number of nitrogens with one attached hydrogen (secondary N) is 1. The fraction of sp³-hybridized carbons (Fsp3) is 0.500. The molecule has 0 amide bonds. The van der Waals surface area contributed by atoms with Gasteiger partial charge in [-0.15, -0.1) is 0 Å². The molecule has 0 spiro atoms. The van der Waals surface area contributed by atoms with E-state index in [1.54, 1.807) is 12.1 Å². The van der Waals surface area contributed by atoms with Crippen LogP contribution in [-0.2, 0) is 0 Å². The molecule has 2 atom stereocenters. The summed E-state index contributed by atoms with van der Waals surface area (Å²) in [6, 6.07) is 8.54. The molecule has 2 bridgehead atoms. The lowest BCUT2D eigenvalue weighted by atomic mass is 10.0. The molecule has 2 aromatic rings. The molecule has 2 aliphatic rings. The van der Waals surface area contributed by atoms with Gasteiger partial charge in [-0.25, -0.2) is 4.79 Å². The van der Waals surface area contributed by atoms with Crippen molar-refractivity contribution in [3.8, 4) is 11.5 Å². The molecule has 2 aliphatic heterocycles. The van der Waals surface area contributed by atoms with Crippen molar-refractivity contribution in [1.82, 2.24) is 5.32 Å². The van der Waals surface area contributed by atoms with Gasteiger partial charge in [0, 0.05) is 23.5 Å². The number of fused-ring (bicyclic) bond motifs is 3. The van der Waals surface area contributed by atoms with E-state index in [1.165, 1.54) is 12.8 Å². The van der Waals surface area contributed by atoms with E-state index < -0.39 is 5.63 Å². The first-order valence-electron chi connectivity index (χ1n) is 8.34. The van der Waals surface area contributed by atoms with E-state index in [-0.39, 0.29) is 11.9 Å². The minimum atomic E-state index is -0.448. The SMILES string of the molecule is CCOc1cc2ccc(OC3CC4CCC(C3)N4)cc2oc1=O. The summed E-state index contributed by atoms with van der Waals surface area (Å²) in [5, 5.41) is 4.45. The molecule has 2 unspecified atom stereocenters. The molecular weight excluding hydrogens is 294 g/mol. The van der Waals surface area contributed by atoms with Crippen molar-refractivity contribution in [2.45, 2.75) is 50.8 Å². The van der Waals surface area contributed by atoms with Crippen LogP contribution < -0.4 is 20.4 Å². The van der Waals surface area contributed by atoms with E-state index in [0.717, 1.165) is 24.0 Å². The monoisotopic (exact) mass is 315 g/mol. The summed E-state index contributed by atoms with van der Waals surface area (Å²) < 4.78 is 16.8. The lowest BCUT2D eigenvalue weighted by Gasteiger charge is -2.29. The van der Waals surface area contributed by atoms with E-state index in [1.807, 2.05) is 19.1 Å². The second-order valence-electron chi connectivity index (χ2n) is 6.38. The summed E-state index contributed by atoms with van der Waals surface area (Å²) in [7, 11) is 0. The molecule has 0 radical (unpaired) electrons. The average molecular weight is 315 g/mol. The lowest BCUT2D eigenvalue weighted by molar-refractivity contribution is 0.137. The van der Waals surface area contributed by atoms with Crippen LogP contribution in [0, 0.1) is 0 Å². The van der Waals surface area contributed by atoms with Gasteiger partial charge in [0.05, 0.1) is 6.61 Å². The van der Waals surface area contributed by atoms with Crippen LogP contribution in [0.5, 0.6) is 11.5 Å². The summed E-state index contributed by atoms with van der Waals surface area (Å²) in [5.41, 5.74) is 0.0873. The van der Waals surface area contributed by atoms with Crippen LogP contribution in [0.15, 0.2) is 33.5 Å². The average Bonchev–Trinajstić information content (AvgIpc) is 2.87. The quantitative estimate of drug-likeness (QED) is 0.879. The highest BCUT2D eigenvalue weighted by Gasteiger charge is 2.34. The van der Waals surface area contributed by atoms with E-state index in [9.17, 15) is 4.79 Å². The van der Waals surface area contributed by atoms with Gasteiger partial charge in [0.15, 0.2) is 0 Å². The van der Waals surface area contributed by atoms with Crippen molar-refractivity contribution in [3.63, 3.8) is 0 Å². The number of ether oxygens (including phenoxy) is 2. The van der Waals surface area contributed by atoms with Crippen molar-refractivity contribution < 1.29 is 13.9 Å². The first kappa shape index (κ1) is 14.6. The van der Waals surface area contributed by atoms with Crippen molar-refractivity contribution in [2.75, 3.05) is 6.61 Å². The zero-order valence-electron chi connectivity index (χ0n) is 13.2. The highest BCUT2D eigenvalue weighted by atomic mass is 16.5. The lowest BCUT2D eigenvalue weighted by Crippen LogP contribution is -2.42. The molecule has 1 N–H and O–H groups in total. The van der Waals surface area contributed by atoms with Crippen LogP contribution in [-0.4, -0.2) is 24.8 Å². The fourth-order valence-corrected chi connectivity index (χ4v) is 3.70. The Morgan fingerprint density at radius 2 is 2.00 bits per heavy atom. The third-order valence-corrected chi connectivity index (χ3v) is 4.71. The van der Waals surface area contributed by atoms with E-state index in [2.05, 4.69) is 5.32 Å². The predicted octanol–water partition coefficient (Wildman–Crippen LogP) is 2.85. The number of hydrogen-bond donors (Lipinski definition) is 1. The van der Waals surface area contributed by atoms with Crippen molar-refractivity contribution in [1.29, 1.82) is 0 Å². The van der Waals surface area contributed by atoms with Crippen LogP contribution in [0.1, 0.15) is 32.6 Å². The predicted molar refractivity (Wildman–Crippen MR) is 87.2 cm³/mol. The summed E-state index contributed by atoms with van der Waals surface area (Å²) in [6.07, 6.45) is 4.82. The van der Waals surface area contributed by atoms with Gasteiger partial charge in [-0.05, 0) is 50.8 Å². The van der Waals surface area contributed by atoms with Gasteiger partial charge in [-0.1, -0.05) is 0 Å². The maximum Gasteiger partial charge on any atom is 0.379 e. The molecule has 4 rings (SSSR count). The first-order valence-corrected chi connectivity index (χ1v) is 8.34. The summed E-state index contributed by atoms with van der Waals surface area (Å²) in [4.78, 5) is 11.9. The molecule has 0 aliphatic carbocycles. The highest BCUT2D eigenvalue weighted by molar-refractivity contribution is 5.79. The van der Waals surface area contributed by atoms with Crippen LogP contribution in [0.3, 0.4) is 0 Å². The van der Waals surface area contributed by atoms with Crippen molar-refractivity contribution in [3.05, 3.63) is 34.7 Å². The van der Waals surface area contributed by atoms with Crippen molar-refractivity contribution in [2.24, 2.45) is 0 Å². The molecule has 3 heterocycles. The third kappa shape index (κ3) is 2.93. The third-order valence-electron chi connectivity index (χ3n) is 4.71. The molecule has 2 saturated heterocycles. The Morgan fingerprint density at radius 3 is 2.74 bits per heavy atom. The topological polar surface area (TPSA) is 60.7 Å². The zero-order chi connectivity index (χ0) is 15.8. The Bertz CT molecular complexity index is 757. The molecule has 0 saturated carbocycles. The van der Waals surface area contributed by atoms with Gasteiger partial charge >= 0.3 is 5.63 Å². The first-order chi connectivity index (χ1) is 11.2. The minimum absolute atomic E-state index is 0.237. The second kappa shape index (κ2) is 5.89. The maximum absolute atomic E-state index is 11.9. The number of hydrogen-bond acceptors (Lipinski definition) is 5. The Hall–Kier alpha value is -2.01. The van der Waals surface area contributed by atoms with Gasteiger partial charge in [0.2, 0.25) is 5.75 Å². The molecule has 5 nitrogen and oxygen atoms in total. The highest BCUT2D eigenvalue weighted by Crippen LogP contribution is 2.30. The van der Waals surface area contributed by atoms with Crippen LogP contribution >= 0.6 is 0 Å². The normalized spacial score (nSPS) is 26.4. The molecule has 122 valence electrons. The fourth-order valence-electron chi connectivity index (χ4n) is 3.70. The molecular formula is C18H21NO4. The molecule has 2 fully saturated rings.